The highest BCUT2D eigenvalue weighted by Crippen LogP contribution is 2.45. The number of furan rings is 1. The molecule has 2 heterocycles. The average Bonchev–Trinajstić information content (AvgIpc) is 3.58. The fourth-order valence-electron chi connectivity index (χ4n) is 4.84. The van der Waals surface area contributed by atoms with Crippen molar-refractivity contribution in [3.8, 4) is 5.75 Å². The normalized spacial score (nSPS) is 15.3. The van der Waals surface area contributed by atoms with Gasteiger partial charge in [0.05, 0.1) is 18.4 Å². The summed E-state index contributed by atoms with van der Waals surface area (Å²) in [7, 11) is 0. The first-order valence-electron chi connectivity index (χ1n) is 13.2. The number of hydrogen-bond donors (Lipinski definition) is 1. The molecule has 0 fully saturated rings. The number of fused-ring (bicyclic) bond motifs is 1. The molecule has 0 unspecified atom stereocenters. The molecule has 1 amide bonds. The van der Waals surface area contributed by atoms with Gasteiger partial charge in [-0.1, -0.05) is 44.5 Å². The second-order valence-electron chi connectivity index (χ2n) is 11.0. The second kappa shape index (κ2) is 11.8. The molecule has 4 aromatic rings. The lowest BCUT2D eigenvalue weighted by molar-refractivity contribution is 0.0947. The molecule has 2 aromatic carbocycles. The summed E-state index contributed by atoms with van der Waals surface area (Å²) in [6, 6.07) is 19.1. The van der Waals surface area contributed by atoms with Gasteiger partial charge in [0.1, 0.15) is 23.1 Å². The molecule has 2 aromatic heterocycles. The van der Waals surface area contributed by atoms with Gasteiger partial charge in [0.2, 0.25) is 0 Å². The van der Waals surface area contributed by atoms with Gasteiger partial charge in [0.15, 0.2) is 0 Å². The molecule has 5 rings (SSSR count). The van der Waals surface area contributed by atoms with Crippen LogP contribution in [0.3, 0.4) is 0 Å². The Hall–Kier alpha value is -3.35. The lowest BCUT2D eigenvalue weighted by Gasteiger charge is -2.33. The van der Waals surface area contributed by atoms with E-state index in [2.05, 4.69) is 26.1 Å². The number of carbonyl (C=O) groups is 1. The fourth-order valence-corrected chi connectivity index (χ4v) is 6.23. The summed E-state index contributed by atoms with van der Waals surface area (Å²) in [5, 5.41) is 4.50. The Morgan fingerprint density at radius 2 is 1.92 bits per heavy atom. The number of nitrogens with zero attached hydrogens (tertiary/aromatic N) is 1. The minimum absolute atomic E-state index is 0.101. The van der Waals surface area contributed by atoms with E-state index in [0.717, 1.165) is 52.5 Å². The molecule has 39 heavy (non-hydrogen) atoms. The van der Waals surface area contributed by atoms with Gasteiger partial charge in [0, 0.05) is 16.1 Å². The summed E-state index contributed by atoms with van der Waals surface area (Å²) in [6.45, 7) is 7.72. The van der Waals surface area contributed by atoms with Crippen molar-refractivity contribution in [3.63, 3.8) is 0 Å². The second-order valence-corrected chi connectivity index (χ2v) is 12.5. The van der Waals surface area contributed by atoms with Gasteiger partial charge in [-0.25, -0.2) is 4.99 Å². The molecule has 1 N–H and O–H groups in total. The molecular weight excluding hydrogens is 528 g/mol. The number of ether oxygens (including phenoxy) is 1. The first-order valence-corrected chi connectivity index (χ1v) is 14.4. The SMILES string of the molecule is CC(C)(C)[C@H]1CCc2c(sc(N=Cc3ccc(OCc4ccc(Cl)cc4)cc3)c2C(=O)NCc2ccco2)C1. The van der Waals surface area contributed by atoms with Crippen LogP contribution in [-0.2, 0) is 26.0 Å². The zero-order valence-electron chi connectivity index (χ0n) is 22.5. The molecule has 0 saturated heterocycles. The number of nitrogens with one attached hydrogen (secondary N) is 1. The summed E-state index contributed by atoms with van der Waals surface area (Å²) >= 11 is 7.61. The third-order valence-corrected chi connectivity index (χ3v) is 8.65. The maximum atomic E-state index is 13.4. The van der Waals surface area contributed by atoms with E-state index in [1.54, 1.807) is 17.6 Å². The van der Waals surface area contributed by atoms with Crippen LogP contribution in [0, 0.1) is 11.3 Å². The highest BCUT2D eigenvalue weighted by molar-refractivity contribution is 7.16. The Kier molecular flexibility index (Phi) is 8.24. The van der Waals surface area contributed by atoms with Crippen LogP contribution in [0.4, 0.5) is 5.00 Å². The highest BCUT2D eigenvalue weighted by Gasteiger charge is 2.33. The molecule has 0 bridgehead atoms. The molecule has 1 aliphatic carbocycles. The number of thiophene rings is 1. The van der Waals surface area contributed by atoms with E-state index in [0.29, 0.717) is 29.7 Å². The van der Waals surface area contributed by atoms with Gasteiger partial charge in [0.25, 0.3) is 5.91 Å². The maximum absolute atomic E-state index is 13.4. The van der Waals surface area contributed by atoms with Crippen molar-refractivity contribution < 1.29 is 13.9 Å². The number of carbonyl (C=O) groups excluding carboxylic acids is 1. The van der Waals surface area contributed by atoms with Crippen molar-refractivity contribution in [2.24, 2.45) is 16.3 Å². The van der Waals surface area contributed by atoms with E-state index >= 15 is 0 Å². The van der Waals surface area contributed by atoms with Crippen LogP contribution >= 0.6 is 22.9 Å². The van der Waals surface area contributed by atoms with Gasteiger partial charge in [-0.05, 0) is 95.8 Å². The number of rotatable bonds is 8. The third-order valence-electron chi connectivity index (χ3n) is 7.23. The van der Waals surface area contributed by atoms with Crippen LogP contribution in [-0.4, -0.2) is 12.1 Å². The lowest BCUT2D eigenvalue weighted by Crippen LogP contribution is -2.28. The molecule has 0 spiro atoms. The van der Waals surface area contributed by atoms with Crippen molar-refractivity contribution in [3.05, 3.63) is 105 Å². The summed E-state index contributed by atoms with van der Waals surface area (Å²) < 4.78 is 11.3. The number of benzene rings is 2. The van der Waals surface area contributed by atoms with E-state index in [1.807, 2.05) is 66.9 Å². The molecule has 0 saturated carbocycles. The minimum atomic E-state index is -0.101. The van der Waals surface area contributed by atoms with Crippen LogP contribution in [0.5, 0.6) is 5.75 Å². The molecule has 0 radical (unpaired) electrons. The largest absolute Gasteiger partial charge is 0.489 e. The molecular formula is C32H33ClN2O3S. The van der Waals surface area contributed by atoms with E-state index in [1.165, 1.54) is 4.88 Å². The zero-order chi connectivity index (χ0) is 27.4. The zero-order valence-corrected chi connectivity index (χ0v) is 24.1. The van der Waals surface area contributed by atoms with Crippen LogP contribution in [0.25, 0.3) is 0 Å². The van der Waals surface area contributed by atoms with E-state index < -0.39 is 0 Å². The molecule has 1 atom stereocenters. The summed E-state index contributed by atoms with van der Waals surface area (Å²) in [6.07, 6.45) is 6.39. The Labute approximate surface area is 238 Å². The summed E-state index contributed by atoms with van der Waals surface area (Å²) in [4.78, 5) is 19.5. The predicted octanol–water partition coefficient (Wildman–Crippen LogP) is 8.41. The van der Waals surface area contributed by atoms with Crippen molar-refractivity contribution in [2.75, 3.05) is 0 Å². The average molecular weight is 561 g/mol. The Morgan fingerprint density at radius 3 is 2.62 bits per heavy atom. The van der Waals surface area contributed by atoms with E-state index in [-0.39, 0.29) is 11.3 Å². The lowest BCUT2D eigenvalue weighted by atomic mass is 9.72. The first-order chi connectivity index (χ1) is 18.8. The van der Waals surface area contributed by atoms with Crippen LogP contribution < -0.4 is 10.1 Å². The number of halogens is 1. The summed E-state index contributed by atoms with van der Waals surface area (Å²) in [5.74, 6) is 1.99. The smallest absolute Gasteiger partial charge is 0.255 e. The standard InChI is InChI=1S/C32H33ClN2O3S/c1-32(2,3)23-10-15-27-28(17-23)39-31(29(27)30(36)34-19-26-5-4-16-37-26)35-18-21-8-13-25(14-9-21)38-20-22-6-11-24(33)12-7-22/h4-9,11-14,16,18,23H,10,15,17,19-20H2,1-3H3,(H,34,36)/t23-/m0/s1. The molecule has 1 aliphatic rings. The fraction of sp³-hybridized carbons (Fsp3) is 0.312. The van der Waals surface area contributed by atoms with E-state index in [9.17, 15) is 4.79 Å². The number of hydrogen-bond acceptors (Lipinski definition) is 5. The summed E-state index contributed by atoms with van der Waals surface area (Å²) in [5.41, 5.74) is 4.07. The monoisotopic (exact) mass is 560 g/mol. The van der Waals surface area contributed by atoms with Gasteiger partial charge in [-0.3, -0.25) is 4.79 Å². The number of aliphatic imine (C=N–C) groups is 1. The Morgan fingerprint density at radius 1 is 1.15 bits per heavy atom. The third kappa shape index (κ3) is 6.81. The minimum Gasteiger partial charge on any atom is -0.489 e. The Bertz CT molecular complexity index is 1430. The topological polar surface area (TPSA) is 63.8 Å². The van der Waals surface area contributed by atoms with Gasteiger partial charge in [-0.15, -0.1) is 11.3 Å². The van der Waals surface area contributed by atoms with E-state index in [4.69, 9.17) is 25.7 Å². The van der Waals surface area contributed by atoms with Crippen molar-refractivity contribution in [2.45, 2.75) is 53.2 Å². The van der Waals surface area contributed by atoms with Crippen molar-refractivity contribution in [1.82, 2.24) is 5.32 Å². The number of amides is 1. The van der Waals surface area contributed by atoms with Gasteiger partial charge in [-0.2, -0.15) is 0 Å². The van der Waals surface area contributed by atoms with Crippen LogP contribution in [0.1, 0.15) is 64.9 Å². The van der Waals surface area contributed by atoms with Crippen LogP contribution in [0.15, 0.2) is 76.3 Å². The Balaban J connectivity index is 1.33. The quantitative estimate of drug-likeness (QED) is 0.220. The van der Waals surface area contributed by atoms with Crippen LogP contribution in [0.2, 0.25) is 5.02 Å². The van der Waals surface area contributed by atoms with Gasteiger partial charge < -0.3 is 14.5 Å². The van der Waals surface area contributed by atoms with Crippen molar-refractivity contribution >= 4 is 40.1 Å². The predicted molar refractivity (Wildman–Crippen MR) is 159 cm³/mol. The van der Waals surface area contributed by atoms with Gasteiger partial charge >= 0.3 is 0 Å². The molecule has 202 valence electrons. The van der Waals surface area contributed by atoms with Crippen molar-refractivity contribution in [1.29, 1.82) is 0 Å². The maximum Gasteiger partial charge on any atom is 0.255 e. The first kappa shape index (κ1) is 27.2. The molecule has 7 heteroatoms. The molecule has 5 nitrogen and oxygen atoms in total. The molecule has 0 aliphatic heterocycles. The highest BCUT2D eigenvalue weighted by atomic mass is 35.5.